The topological polar surface area (TPSA) is 118 Å². The Bertz CT molecular complexity index is 1160. The predicted molar refractivity (Wildman–Crippen MR) is 99.5 cm³/mol. The summed E-state index contributed by atoms with van der Waals surface area (Å²) in [6, 6.07) is 7.53. The molecule has 0 bridgehead atoms. The van der Waals surface area contributed by atoms with E-state index in [0.29, 0.717) is 40.1 Å². The molecule has 3 aromatic heterocycles. The van der Waals surface area contributed by atoms with Crippen LogP contribution in [-0.2, 0) is 0 Å². The summed E-state index contributed by atoms with van der Waals surface area (Å²) in [4.78, 5) is 20.3. The third kappa shape index (κ3) is 2.73. The number of rotatable bonds is 4. The first-order valence-corrected chi connectivity index (χ1v) is 8.67. The van der Waals surface area contributed by atoms with Gasteiger partial charge in [-0.05, 0) is 37.5 Å². The van der Waals surface area contributed by atoms with Gasteiger partial charge in [0.2, 0.25) is 5.95 Å². The third-order valence-electron chi connectivity index (χ3n) is 4.76. The van der Waals surface area contributed by atoms with Crippen LogP contribution in [0.2, 0.25) is 0 Å². The molecule has 4 aromatic rings. The van der Waals surface area contributed by atoms with Crippen LogP contribution in [0.3, 0.4) is 0 Å². The first kappa shape index (κ1) is 15.6. The van der Waals surface area contributed by atoms with E-state index in [-0.39, 0.29) is 0 Å². The van der Waals surface area contributed by atoms with Gasteiger partial charge < -0.3 is 20.2 Å². The maximum Gasteiger partial charge on any atom is 0.432 e. The SMILES string of the molecule is O=C(O)n1ncc2ccc(Nc3nc(NC4CCC4)c4occc4n3)cc21. The van der Waals surface area contributed by atoms with Crippen LogP contribution in [0.15, 0.2) is 41.1 Å². The Hall–Kier alpha value is -3.62. The Morgan fingerprint density at radius 3 is 2.93 bits per heavy atom. The van der Waals surface area contributed by atoms with Crippen LogP contribution >= 0.6 is 0 Å². The van der Waals surface area contributed by atoms with Gasteiger partial charge in [-0.25, -0.2) is 9.78 Å². The number of anilines is 3. The van der Waals surface area contributed by atoms with Crippen LogP contribution in [0.4, 0.5) is 22.2 Å². The fourth-order valence-corrected chi connectivity index (χ4v) is 3.14. The summed E-state index contributed by atoms with van der Waals surface area (Å²) < 4.78 is 6.46. The first-order chi connectivity index (χ1) is 13.2. The molecule has 0 spiro atoms. The van der Waals surface area contributed by atoms with E-state index < -0.39 is 6.09 Å². The highest BCUT2D eigenvalue weighted by Gasteiger charge is 2.20. The number of furan rings is 1. The molecule has 0 saturated heterocycles. The summed E-state index contributed by atoms with van der Waals surface area (Å²) in [5.41, 5.74) is 2.49. The number of carbonyl (C=O) groups is 1. The van der Waals surface area contributed by atoms with Crippen LogP contribution in [0.25, 0.3) is 22.0 Å². The average molecular weight is 364 g/mol. The van der Waals surface area contributed by atoms with Crippen LogP contribution in [0.1, 0.15) is 19.3 Å². The fourth-order valence-electron chi connectivity index (χ4n) is 3.14. The Morgan fingerprint density at radius 1 is 1.26 bits per heavy atom. The van der Waals surface area contributed by atoms with E-state index >= 15 is 0 Å². The highest BCUT2D eigenvalue weighted by Crippen LogP contribution is 2.29. The van der Waals surface area contributed by atoms with Gasteiger partial charge in [-0.15, -0.1) is 0 Å². The molecule has 1 aliphatic rings. The number of nitrogens with zero attached hydrogens (tertiary/aromatic N) is 4. The minimum Gasteiger partial charge on any atom is -0.463 e. The third-order valence-corrected chi connectivity index (χ3v) is 4.76. The Labute approximate surface area is 153 Å². The lowest BCUT2D eigenvalue weighted by Gasteiger charge is -2.26. The Balaban J connectivity index is 1.51. The van der Waals surface area contributed by atoms with E-state index in [2.05, 4.69) is 25.7 Å². The van der Waals surface area contributed by atoms with Crippen molar-refractivity contribution in [1.82, 2.24) is 19.7 Å². The molecule has 0 radical (unpaired) electrons. The zero-order valence-corrected chi connectivity index (χ0v) is 14.2. The lowest BCUT2D eigenvalue weighted by Crippen LogP contribution is -2.27. The van der Waals surface area contributed by atoms with E-state index in [1.54, 1.807) is 24.5 Å². The monoisotopic (exact) mass is 364 g/mol. The van der Waals surface area contributed by atoms with Gasteiger partial charge in [0.05, 0.1) is 18.0 Å². The van der Waals surface area contributed by atoms with Crippen molar-refractivity contribution in [2.45, 2.75) is 25.3 Å². The molecule has 136 valence electrons. The van der Waals surface area contributed by atoms with Crippen molar-refractivity contribution in [3.8, 4) is 0 Å². The molecule has 0 unspecified atom stereocenters. The quantitative estimate of drug-likeness (QED) is 0.500. The number of hydrogen-bond donors (Lipinski definition) is 3. The van der Waals surface area contributed by atoms with Gasteiger partial charge in [-0.3, -0.25) is 0 Å². The molecular weight excluding hydrogens is 348 g/mol. The maximum absolute atomic E-state index is 11.3. The molecule has 0 amide bonds. The van der Waals surface area contributed by atoms with Gasteiger partial charge in [0.15, 0.2) is 11.4 Å². The second-order valence-corrected chi connectivity index (χ2v) is 6.54. The molecule has 5 rings (SSSR count). The zero-order chi connectivity index (χ0) is 18.4. The summed E-state index contributed by atoms with van der Waals surface area (Å²) in [7, 11) is 0. The van der Waals surface area contributed by atoms with Crippen molar-refractivity contribution in [2.24, 2.45) is 0 Å². The summed E-state index contributed by atoms with van der Waals surface area (Å²) >= 11 is 0. The number of hydrogen-bond acceptors (Lipinski definition) is 7. The van der Waals surface area contributed by atoms with Crippen molar-refractivity contribution in [3.05, 3.63) is 36.7 Å². The molecule has 1 saturated carbocycles. The Kier molecular flexibility index (Phi) is 3.46. The number of fused-ring (bicyclic) bond motifs is 2. The zero-order valence-electron chi connectivity index (χ0n) is 14.2. The summed E-state index contributed by atoms with van der Waals surface area (Å²) in [5.74, 6) is 1.07. The molecule has 27 heavy (non-hydrogen) atoms. The van der Waals surface area contributed by atoms with Crippen LogP contribution in [0, 0.1) is 0 Å². The van der Waals surface area contributed by atoms with Crippen molar-refractivity contribution in [1.29, 1.82) is 0 Å². The molecule has 1 fully saturated rings. The summed E-state index contributed by atoms with van der Waals surface area (Å²) in [6.45, 7) is 0. The first-order valence-electron chi connectivity index (χ1n) is 8.67. The molecular formula is C18H16N6O3. The minimum absolute atomic E-state index is 0.405. The second kappa shape index (κ2) is 5.97. The second-order valence-electron chi connectivity index (χ2n) is 6.54. The fraction of sp³-hybridized carbons (Fsp3) is 0.222. The van der Waals surface area contributed by atoms with E-state index in [9.17, 15) is 9.90 Å². The number of carboxylic acid groups (broad SMARTS) is 1. The minimum atomic E-state index is -1.13. The summed E-state index contributed by atoms with van der Waals surface area (Å²) in [6.07, 6.45) is 5.42. The van der Waals surface area contributed by atoms with Gasteiger partial charge in [-0.1, -0.05) is 0 Å². The van der Waals surface area contributed by atoms with Crippen molar-refractivity contribution < 1.29 is 14.3 Å². The smallest absolute Gasteiger partial charge is 0.432 e. The highest BCUT2D eigenvalue weighted by molar-refractivity contribution is 5.90. The summed E-state index contributed by atoms with van der Waals surface area (Å²) in [5, 5.41) is 20.4. The van der Waals surface area contributed by atoms with E-state index in [1.165, 1.54) is 12.6 Å². The highest BCUT2D eigenvalue weighted by atomic mass is 16.4. The molecule has 9 heteroatoms. The van der Waals surface area contributed by atoms with Gasteiger partial charge in [-0.2, -0.15) is 14.8 Å². The largest absolute Gasteiger partial charge is 0.463 e. The van der Waals surface area contributed by atoms with Crippen LogP contribution in [-0.4, -0.2) is 37.0 Å². The normalized spacial score (nSPS) is 14.4. The lowest BCUT2D eigenvalue weighted by atomic mass is 9.93. The average Bonchev–Trinajstić information content (AvgIpc) is 3.24. The molecule has 0 aliphatic heterocycles. The Morgan fingerprint density at radius 2 is 2.15 bits per heavy atom. The maximum atomic E-state index is 11.3. The van der Waals surface area contributed by atoms with Crippen molar-refractivity contribution in [3.63, 3.8) is 0 Å². The molecule has 1 aliphatic carbocycles. The number of benzene rings is 1. The number of aromatic nitrogens is 4. The lowest BCUT2D eigenvalue weighted by molar-refractivity contribution is 0.194. The van der Waals surface area contributed by atoms with E-state index in [1.807, 2.05) is 6.07 Å². The molecule has 3 heterocycles. The molecule has 1 aromatic carbocycles. The van der Waals surface area contributed by atoms with Crippen molar-refractivity contribution >= 4 is 45.5 Å². The van der Waals surface area contributed by atoms with Gasteiger partial charge >= 0.3 is 6.09 Å². The van der Waals surface area contributed by atoms with Crippen molar-refractivity contribution in [2.75, 3.05) is 10.6 Å². The van der Waals surface area contributed by atoms with E-state index in [0.717, 1.165) is 22.9 Å². The molecule has 0 atom stereocenters. The van der Waals surface area contributed by atoms with Gasteiger partial charge in [0.25, 0.3) is 0 Å². The number of nitrogens with one attached hydrogen (secondary N) is 2. The molecule has 3 N–H and O–H groups in total. The predicted octanol–water partition coefficient (Wildman–Crippen LogP) is 3.81. The van der Waals surface area contributed by atoms with Gasteiger partial charge in [0.1, 0.15) is 5.52 Å². The van der Waals surface area contributed by atoms with Gasteiger partial charge in [0, 0.05) is 23.2 Å². The standard InChI is InChI=1S/C18H16N6O3/c25-18(26)24-14-8-12(5-4-10(14)9-19-24)21-17-22-13-6-7-27-15(13)16(23-17)20-11-2-1-3-11/h4-9,11H,1-3H2,(H,25,26)(H2,20,21,22,23). The molecule has 9 nitrogen and oxygen atoms in total. The van der Waals surface area contributed by atoms with Crippen LogP contribution < -0.4 is 10.6 Å². The van der Waals surface area contributed by atoms with E-state index in [4.69, 9.17) is 4.42 Å². The van der Waals surface area contributed by atoms with Crippen LogP contribution in [0.5, 0.6) is 0 Å².